The number of para-hydroxylation sites is 2. The zero-order chi connectivity index (χ0) is 32.7. The molecule has 4 aromatic rings. The van der Waals surface area contributed by atoms with E-state index in [1.807, 2.05) is 60.7 Å². The highest BCUT2D eigenvalue weighted by Crippen LogP contribution is 2.44. The monoisotopic (exact) mass is 631 g/mol. The van der Waals surface area contributed by atoms with E-state index < -0.39 is 10.1 Å². The lowest BCUT2D eigenvalue weighted by Gasteiger charge is -2.31. The summed E-state index contributed by atoms with van der Waals surface area (Å²) < 4.78 is 44.6. The topological polar surface area (TPSA) is 73.8 Å². The molecule has 0 bridgehead atoms. The van der Waals surface area contributed by atoms with Gasteiger partial charge >= 0.3 is 0 Å². The first-order chi connectivity index (χ1) is 22.0. The van der Waals surface area contributed by atoms with Gasteiger partial charge in [-0.25, -0.2) is 0 Å². The second kappa shape index (κ2) is 12.2. The third-order valence-electron chi connectivity index (χ3n) is 8.46. The molecule has 1 heterocycles. The van der Waals surface area contributed by atoms with Crippen LogP contribution >= 0.6 is 0 Å². The molecule has 0 aromatic heterocycles. The van der Waals surface area contributed by atoms with Gasteiger partial charge in [-0.05, 0) is 77.4 Å². The first-order valence-corrected chi connectivity index (χ1v) is 17.0. The molecule has 4 aromatic carbocycles. The van der Waals surface area contributed by atoms with Crippen molar-refractivity contribution in [2.24, 2.45) is 0 Å². The largest absolute Gasteiger partial charge is 0.456 e. The van der Waals surface area contributed by atoms with Crippen LogP contribution in [0.5, 0.6) is 0 Å². The van der Waals surface area contributed by atoms with E-state index in [9.17, 15) is 13.0 Å². The molecule has 0 spiro atoms. The van der Waals surface area contributed by atoms with Gasteiger partial charge < -0.3 is 9.32 Å². The van der Waals surface area contributed by atoms with Gasteiger partial charge in [0.15, 0.2) is 6.04 Å². The minimum atomic E-state index is -4.51. The van der Waals surface area contributed by atoms with Crippen LogP contribution in [0.4, 0.5) is 17.1 Å². The average Bonchev–Trinajstić information content (AvgIpc) is 3.01. The Bertz CT molecular complexity index is 2230. The molecule has 234 valence electrons. The Morgan fingerprint density at radius 1 is 0.739 bits per heavy atom. The lowest BCUT2D eigenvalue weighted by molar-refractivity contribution is 0.483. The van der Waals surface area contributed by atoms with Crippen molar-refractivity contribution in [1.82, 2.24) is 4.58 Å². The number of anilines is 2. The van der Waals surface area contributed by atoms with Crippen LogP contribution in [0.3, 0.4) is 0 Å². The molecule has 6 nitrogen and oxygen atoms in total. The van der Waals surface area contributed by atoms with Crippen LogP contribution < -0.4 is 14.8 Å². The van der Waals surface area contributed by atoms with Gasteiger partial charge in [0.05, 0.1) is 6.07 Å². The summed E-state index contributed by atoms with van der Waals surface area (Å²) in [5.41, 5.74) is 7.91. The van der Waals surface area contributed by atoms with E-state index >= 15 is 0 Å². The minimum Gasteiger partial charge on any atom is -0.456 e. The zero-order valence-corrected chi connectivity index (χ0v) is 27.8. The Hall–Kier alpha value is -4.72. The molecule has 2 aliphatic rings. The van der Waals surface area contributed by atoms with E-state index in [0.717, 1.165) is 44.5 Å². The molecule has 0 atom stereocenters. The van der Waals surface area contributed by atoms with E-state index in [1.165, 1.54) is 6.07 Å². The summed E-state index contributed by atoms with van der Waals surface area (Å²) in [4.78, 5) is 2.12. The predicted octanol–water partition coefficient (Wildman–Crippen LogP) is 9.13. The minimum absolute atomic E-state index is 0.149. The number of nitrogens with zero attached hydrogens (tertiary/aromatic N) is 2. The van der Waals surface area contributed by atoms with Crippen LogP contribution in [0.2, 0.25) is 0 Å². The van der Waals surface area contributed by atoms with E-state index in [0.29, 0.717) is 22.5 Å². The molecule has 7 heteroatoms. The van der Waals surface area contributed by atoms with Crippen molar-refractivity contribution in [2.75, 3.05) is 4.90 Å². The van der Waals surface area contributed by atoms with Crippen molar-refractivity contribution in [1.29, 1.82) is 0 Å². The molecule has 1 aliphatic heterocycles. The molecule has 0 amide bonds. The van der Waals surface area contributed by atoms with Crippen LogP contribution in [0.25, 0.3) is 33.4 Å². The molecular formula is C39H39N2O4S+. The van der Waals surface area contributed by atoms with Crippen LogP contribution in [0, 0.1) is 13.8 Å². The van der Waals surface area contributed by atoms with E-state index in [1.54, 1.807) is 18.2 Å². The first kappa shape index (κ1) is 31.3. The van der Waals surface area contributed by atoms with Gasteiger partial charge in [0.1, 0.15) is 16.2 Å². The standard InChI is InChI=1S/C39H38N2O4S/c1-25(2)40(34-16-10-7-13-27(34)5)29-19-21-31-36(23-29)45-37-24-30(41(26(3)4)35-17-11-8-14-28(35)6)20-22-32(37)39(31)33-15-9-12-18-38(33)46(42,43)44/h7-26H,1-6H3/p+1. The van der Waals surface area contributed by atoms with Crippen molar-refractivity contribution in [3.05, 3.63) is 126 Å². The smallest absolute Gasteiger partial charge is 0.295 e. The van der Waals surface area contributed by atoms with Crippen LogP contribution in [-0.2, 0) is 10.1 Å². The van der Waals surface area contributed by atoms with Crippen molar-refractivity contribution in [3.63, 3.8) is 0 Å². The second-order valence-corrected chi connectivity index (χ2v) is 13.7. The quantitative estimate of drug-likeness (QED) is 0.108. The zero-order valence-electron chi connectivity index (χ0n) is 27.0. The molecule has 6 rings (SSSR count). The number of rotatable bonds is 7. The molecule has 46 heavy (non-hydrogen) atoms. The normalized spacial score (nSPS) is 12.7. The molecule has 0 radical (unpaired) electrons. The van der Waals surface area contributed by atoms with Gasteiger partial charge in [0.2, 0.25) is 11.0 Å². The third-order valence-corrected chi connectivity index (χ3v) is 9.37. The summed E-state index contributed by atoms with van der Waals surface area (Å²) in [6.45, 7) is 12.8. The number of fused-ring (bicyclic) bond motifs is 2. The van der Waals surface area contributed by atoms with E-state index in [-0.39, 0.29) is 17.0 Å². The van der Waals surface area contributed by atoms with Crippen molar-refractivity contribution < 1.29 is 17.4 Å². The Morgan fingerprint density at radius 2 is 1.41 bits per heavy atom. The van der Waals surface area contributed by atoms with Gasteiger partial charge in [-0.15, -0.1) is 0 Å². The average molecular weight is 632 g/mol. The summed E-state index contributed by atoms with van der Waals surface area (Å²) in [6.07, 6.45) is 0. The maximum Gasteiger partial charge on any atom is 0.295 e. The second-order valence-electron chi connectivity index (χ2n) is 12.3. The van der Waals surface area contributed by atoms with Crippen LogP contribution in [0.15, 0.2) is 119 Å². The number of aryl methyl sites for hydroxylation is 2. The fourth-order valence-corrected chi connectivity index (χ4v) is 7.15. The van der Waals surface area contributed by atoms with Crippen LogP contribution in [-0.4, -0.2) is 25.1 Å². The number of hydrogen-bond donors (Lipinski definition) is 1. The summed E-state index contributed by atoms with van der Waals surface area (Å²) >= 11 is 0. The van der Waals surface area contributed by atoms with Crippen LogP contribution in [0.1, 0.15) is 38.8 Å². The highest BCUT2D eigenvalue weighted by Gasteiger charge is 2.26. The summed E-state index contributed by atoms with van der Waals surface area (Å²) in [5, 5.41) is 1.70. The van der Waals surface area contributed by atoms with Crippen molar-refractivity contribution in [2.45, 2.75) is 58.5 Å². The summed E-state index contributed by atoms with van der Waals surface area (Å²) in [6, 6.07) is 35.6. The SMILES string of the molecule is Cc1ccccc1N(c1ccc2c(-c3ccccc3S(=O)(=O)O)c3cc/c(=[N+](\c4ccccc4C)C(C)C)cc-3oc2c1)C(C)C. The molecule has 0 fully saturated rings. The Labute approximate surface area is 271 Å². The van der Waals surface area contributed by atoms with Gasteiger partial charge in [0, 0.05) is 63.3 Å². The molecule has 0 unspecified atom stereocenters. The lowest BCUT2D eigenvalue weighted by Crippen LogP contribution is -2.32. The summed E-state index contributed by atoms with van der Waals surface area (Å²) in [7, 11) is -4.51. The maximum absolute atomic E-state index is 12.6. The van der Waals surface area contributed by atoms with Gasteiger partial charge in [0.25, 0.3) is 10.1 Å². The third kappa shape index (κ3) is 5.72. The fourth-order valence-electron chi connectivity index (χ4n) is 6.45. The number of benzene rings is 5. The Morgan fingerprint density at radius 3 is 2.09 bits per heavy atom. The Balaban J connectivity index is 1.72. The van der Waals surface area contributed by atoms with Gasteiger partial charge in [-0.1, -0.05) is 54.6 Å². The molecule has 1 N–H and O–H groups in total. The predicted molar refractivity (Wildman–Crippen MR) is 188 cm³/mol. The molecule has 0 saturated carbocycles. The molecule has 1 aliphatic carbocycles. The maximum atomic E-state index is 12.6. The van der Waals surface area contributed by atoms with Gasteiger partial charge in [-0.3, -0.25) is 4.55 Å². The van der Waals surface area contributed by atoms with Crippen molar-refractivity contribution in [3.8, 4) is 22.5 Å². The Kier molecular flexibility index (Phi) is 8.32. The number of hydrogen-bond acceptors (Lipinski definition) is 4. The summed E-state index contributed by atoms with van der Waals surface area (Å²) in [5.74, 6) is 0.605. The molecular weight excluding hydrogens is 593 g/mol. The highest BCUT2D eigenvalue weighted by molar-refractivity contribution is 7.86. The lowest BCUT2D eigenvalue weighted by atomic mass is 9.93. The van der Waals surface area contributed by atoms with Crippen molar-refractivity contribution >= 4 is 38.1 Å². The fraction of sp³-hybridized carbons (Fsp3) is 0.205. The van der Waals surface area contributed by atoms with E-state index in [4.69, 9.17) is 4.42 Å². The van der Waals surface area contributed by atoms with Gasteiger partial charge in [-0.2, -0.15) is 13.0 Å². The highest BCUT2D eigenvalue weighted by atomic mass is 32.2. The van der Waals surface area contributed by atoms with E-state index in [2.05, 4.69) is 75.3 Å². The molecule has 0 saturated heterocycles. The first-order valence-electron chi connectivity index (χ1n) is 15.6.